The Bertz CT molecular complexity index is 860. The third kappa shape index (κ3) is 3.54. The monoisotopic (exact) mass is 492 g/mol. The number of furan rings is 1. The number of hydrogen-bond donors (Lipinski definition) is 1. The number of nitrogens with zero attached hydrogens (tertiary/aromatic N) is 1. The largest absolute Gasteiger partial charge is 0.449 e. The fourth-order valence-corrected chi connectivity index (χ4v) is 3.19. The van der Waals surface area contributed by atoms with Gasteiger partial charge in [0.05, 0.1) is 11.0 Å². The molecule has 24 heavy (non-hydrogen) atoms. The molecule has 1 aromatic carbocycles. The quantitative estimate of drug-likeness (QED) is 0.471. The van der Waals surface area contributed by atoms with Crippen LogP contribution in [0.1, 0.15) is 11.3 Å². The van der Waals surface area contributed by atoms with Gasteiger partial charge < -0.3 is 9.73 Å². The summed E-state index contributed by atoms with van der Waals surface area (Å²) in [6, 6.07) is 6.03. The van der Waals surface area contributed by atoms with E-state index in [1.807, 2.05) is 0 Å². The second kappa shape index (κ2) is 6.92. The number of halogens is 4. The standard InChI is InChI=1S/C15H8Br2Cl2N2O3/c16-10-4-9(24-13(10)17)5-12-14(22)21(15(23)20-12)6-7-1-2-8(18)3-11(7)19/h1-5H,6H2,(H,20,23)/b12-5-. The zero-order valence-electron chi connectivity index (χ0n) is 11.8. The number of rotatable bonds is 3. The van der Waals surface area contributed by atoms with E-state index in [0.29, 0.717) is 30.5 Å². The smallest absolute Gasteiger partial charge is 0.329 e. The van der Waals surface area contributed by atoms with E-state index in [1.165, 1.54) is 6.08 Å². The maximum absolute atomic E-state index is 12.4. The van der Waals surface area contributed by atoms with Crippen LogP contribution >= 0.6 is 55.1 Å². The highest BCUT2D eigenvalue weighted by molar-refractivity contribution is 9.13. The van der Waals surface area contributed by atoms with E-state index in [9.17, 15) is 9.59 Å². The first kappa shape index (κ1) is 17.5. The van der Waals surface area contributed by atoms with Gasteiger partial charge in [0.25, 0.3) is 5.91 Å². The van der Waals surface area contributed by atoms with Crippen molar-refractivity contribution in [1.29, 1.82) is 0 Å². The summed E-state index contributed by atoms with van der Waals surface area (Å²) in [5, 5.41) is 3.39. The van der Waals surface area contributed by atoms with Gasteiger partial charge >= 0.3 is 6.03 Å². The summed E-state index contributed by atoms with van der Waals surface area (Å²) in [7, 11) is 0. The Balaban J connectivity index is 1.83. The SMILES string of the molecule is O=C1N/C(=C\c2cc(Br)c(Br)o2)C(=O)N1Cc1ccc(Cl)cc1Cl. The van der Waals surface area contributed by atoms with Gasteiger partial charge in [0.15, 0.2) is 4.67 Å². The van der Waals surface area contributed by atoms with Crippen LogP contribution in [0, 0.1) is 0 Å². The van der Waals surface area contributed by atoms with Crippen LogP contribution in [0.5, 0.6) is 0 Å². The Hall–Kier alpha value is -1.28. The average Bonchev–Trinajstić information content (AvgIpc) is 2.95. The van der Waals surface area contributed by atoms with Crippen molar-refractivity contribution in [3.63, 3.8) is 0 Å². The molecule has 2 aromatic rings. The van der Waals surface area contributed by atoms with Crippen LogP contribution in [-0.4, -0.2) is 16.8 Å². The highest BCUT2D eigenvalue weighted by Crippen LogP contribution is 2.29. The van der Waals surface area contributed by atoms with Crippen LogP contribution in [0.3, 0.4) is 0 Å². The average molecular weight is 495 g/mol. The second-order valence-corrected chi connectivity index (χ2v) is 7.30. The Morgan fingerprint density at radius 3 is 2.58 bits per heavy atom. The maximum atomic E-state index is 12.4. The van der Waals surface area contributed by atoms with Gasteiger partial charge in [-0.05, 0) is 55.6 Å². The zero-order valence-corrected chi connectivity index (χ0v) is 16.5. The van der Waals surface area contributed by atoms with Crippen molar-refractivity contribution in [3.05, 3.63) is 60.5 Å². The van der Waals surface area contributed by atoms with Crippen molar-refractivity contribution in [2.24, 2.45) is 0 Å². The van der Waals surface area contributed by atoms with E-state index in [-0.39, 0.29) is 12.2 Å². The molecule has 0 saturated carbocycles. The molecule has 3 amide bonds. The van der Waals surface area contributed by atoms with E-state index in [0.717, 1.165) is 4.90 Å². The predicted octanol–water partition coefficient (Wildman–Crippen LogP) is 5.20. The number of nitrogens with one attached hydrogen (secondary N) is 1. The van der Waals surface area contributed by atoms with E-state index in [1.54, 1.807) is 24.3 Å². The normalized spacial score (nSPS) is 16.2. The van der Waals surface area contributed by atoms with Gasteiger partial charge in [0.1, 0.15) is 11.5 Å². The lowest BCUT2D eigenvalue weighted by molar-refractivity contribution is -0.123. The molecule has 0 bridgehead atoms. The van der Waals surface area contributed by atoms with E-state index >= 15 is 0 Å². The molecular formula is C15H8Br2Cl2N2O3. The highest BCUT2D eigenvalue weighted by Gasteiger charge is 2.34. The lowest BCUT2D eigenvalue weighted by Gasteiger charge is -2.13. The topological polar surface area (TPSA) is 62.6 Å². The summed E-state index contributed by atoms with van der Waals surface area (Å²) in [6.45, 7) is 0.0452. The van der Waals surface area contributed by atoms with Crippen LogP contribution in [0.25, 0.3) is 6.08 Å². The second-order valence-electron chi connectivity index (χ2n) is 4.89. The summed E-state index contributed by atoms with van der Waals surface area (Å²) < 4.78 is 6.58. The number of urea groups is 1. The van der Waals surface area contributed by atoms with Crippen LogP contribution in [0.2, 0.25) is 10.0 Å². The lowest BCUT2D eigenvalue weighted by Crippen LogP contribution is -2.30. The zero-order chi connectivity index (χ0) is 17.4. The van der Waals surface area contributed by atoms with Crippen LogP contribution < -0.4 is 5.32 Å². The van der Waals surface area contributed by atoms with Crippen molar-refractivity contribution < 1.29 is 14.0 Å². The Morgan fingerprint density at radius 2 is 1.96 bits per heavy atom. The first-order chi connectivity index (χ1) is 11.3. The van der Waals surface area contributed by atoms with Gasteiger partial charge in [0, 0.05) is 16.1 Å². The summed E-state index contributed by atoms with van der Waals surface area (Å²) in [5.74, 6) is -0.0431. The molecule has 124 valence electrons. The summed E-state index contributed by atoms with van der Waals surface area (Å²) >= 11 is 18.4. The Morgan fingerprint density at radius 1 is 1.21 bits per heavy atom. The molecular weight excluding hydrogens is 487 g/mol. The van der Waals surface area contributed by atoms with Gasteiger partial charge in [-0.1, -0.05) is 29.3 Å². The minimum atomic E-state index is -0.526. The molecule has 1 fully saturated rings. The number of amides is 3. The Kier molecular flexibility index (Phi) is 5.05. The molecule has 5 nitrogen and oxygen atoms in total. The molecule has 0 unspecified atom stereocenters. The molecule has 3 rings (SSSR count). The summed E-state index contributed by atoms with van der Waals surface area (Å²) in [4.78, 5) is 25.6. The summed E-state index contributed by atoms with van der Waals surface area (Å²) in [5.41, 5.74) is 0.744. The number of carbonyl (C=O) groups excluding carboxylic acids is 2. The van der Waals surface area contributed by atoms with Crippen molar-refractivity contribution in [3.8, 4) is 0 Å². The van der Waals surface area contributed by atoms with Crippen molar-refractivity contribution in [2.75, 3.05) is 0 Å². The fraction of sp³-hybridized carbons (Fsp3) is 0.0667. The molecule has 1 aromatic heterocycles. The number of hydrogen-bond acceptors (Lipinski definition) is 3. The minimum absolute atomic E-state index is 0.0452. The van der Waals surface area contributed by atoms with Gasteiger partial charge in [0.2, 0.25) is 0 Å². The first-order valence-corrected chi connectivity index (χ1v) is 8.92. The first-order valence-electron chi connectivity index (χ1n) is 6.58. The number of carbonyl (C=O) groups is 2. The molecule has 1 aliphatic heterocycles. The van der Waals surface area contributed by atoms with Crippen molar-refractivity contribution >= 4 is 73.1 Å². The van der Waals surface area contributed by atoms with E-state index < -0.39 is 11.9 Å². The number of benzene rings is 1. The van der Waals surface area contributed by atoms with Crippen LogP contribution in [-0.2, 0) is 11.3 Å². The minimum Gasteiger partial charge on any atom is -0.449 e. The molecule has 1 aliphatic rings. The van der Waals surface area contributed by atoms with Gasteiger partial charge in [-0.15, -0.1) is 0 Å². The molecule has 0 atom stereocenters. The molecule has 1 saturated heterocycles. The van der Waals surface area contributed by atoms with Gasteiger partial charge in [-0.2, -0.15) is 0 Å². The fourth-order valence-electron chi connectivity index (χ4n) is 2.11. The molecule has 2 heterocycles. The van der Waals surface area contributed by atoms with Crippen LogP contribution in [0.4, 0.5) is 4.79 Å². The van der Waals surface area contributed by atoms with Gasteiger partial charge in [-0.3, -0.25) is 9.69 Å². The molecule has 1 N–H and O–H groups in total. The number of imide groups is 1. The lowest BCUT2D eigenvalue weighted by atomic mass is 10.2. The molecule has 0 aliphatic carbocycles. The molecule has 0 spiro atoms. The third-order valence-corrected chi connectivity index (χ3v) is 5.55. The van der Waals surface area contributed by atoms with Crippen molar-refractivity contribution in [1.82, 2.24) is 10.2 Å². The maximum Gasteiger partial charge on any atom is 0.329 e. The van der Waals surface area contributed by atoms with Gasteiger partial charge in [-0.25, -0.2) is 4.79 Å². The van der Waals surface area contributed by atoms with E-state index in [4.69, 9.17) is 27.6 Å². The third-order valence-electron chi connectivity index (χ3n) is 3.26. The highest BCUT2D eigenvalue weighted by atomic mass is 79.9. The molecule has 0 radical (unpaired) electrons. The van der Waals surface area contributed by atoms with Crippen LogP contribution in [0.15, 0.2) is 43.5 Å². The Labute approximate surface area is 163 Å². The summed E-state index contributed by atoms with van der Waals surface area (Å²) in [6.07, 6.45) is 1.46. The van der Waals surface area contributed by atoms with E-state index in [2.05, 4.69) is 37.2 Å². The molecule has 9 heteroatoms. The van der Waals surface area contributed by atoms with Crippen molar-refractivity contribution in [2.45, 2.75) is 6.54 Å². The predicted molar refractivity (Wildman–Crippen MR) is 97.6 cm³/mol.